The Labute approximate surface area is 147 Å². The van der Waals surface area contributed by atoms with Gasteiger partial charge in [-0.1, -0.05) is 42.5 Å². The van der Waals surface area contributed by atoms with E-state index >= 15 is 0 Å². The molecule has 1 fully saturated rings. The number of aliphatic hydroxyl groups is 1. The Morgan fingerprint density at radius 1 is 0.920 bits per heavy atom. The van der Waals surface area contributed by atoms with Crippen molar-refractivity contribution in [3.8, 4) is 11.1 Å². The molecule has 1 aliphatic rings. The Kier molecular flexibility index (Phi) is 5.14. The van der Waals surface area contributed by atoms with Gasteiger partial charge in [0.15, 0.2) is 0 Å². The molecule has 2 aromatic rings. The highest BCUT2D eigenvalue weighted by Gasteiger charge is 2.34. The van der Waals surface area contributed by atoms with Gasteiger partial charge in [-0.3, -0.25) is 9.59 Å². The van der Waals surface area contributed by atoms with Crippen LogP contribution in [0.3, 0.4) is 0 Å². The summed E-state index contributed by atoms with van der Waals surface area (Å²) in [5, 5.41) is 15.2. The Morgan fingerprint density at radius 2 is 1.56 bits per heavy atom. The molecule has 0 bridgehead atoms. The van der Waals surface area contributed by atoms with Gasteiger partial charge in [-0.05, 0) is 42.5 Å². The lowest BCUT2D eigenvalue weighted by Gasteiger charge is -2.36. The van der Waals surface area contributed by atoms with Crippen molar-refractivity contribution in [2.75, 3.05) is 13.1 Å². The largest absolute Gasteiger partial charge is 0.388 e. The molecular weight excluding hydrogens is 316 g/mol. The van der Waals surface area contributed by atoms with Crippen LogP contribution in [0.15, 0.2) is 54.6 Å². The van der Waals surface area contributed by atoms with E-state index in [1.54, 1.807) is 12.1 Å². The fourth-order valence-electron chi connectivity index (χ4n) is 2.79. The highest BCUT2D eigenvalue weighted by molar-refractivity contribution is 5.96. The molecule has 0 atom stereocenters. The van der Waals surface area contributed by atoms with Crippen molar-refractivity contribution in [2.45, 2.75) is 24.9 Å². The third kappa shape index (κ3) is 4.45. The maximum Gasteiger partial charge on any atom is 0.251 e. The molecule has 0 spiro atoms. The van der Waals surface area contributed by atoms with Gasteiger partial charge in [-0.25, -0.2) is 0 Å². The molecule has 5 heteroatoms. The molecule has 2 aromatic carbocycles. The van der Waals surface area contributed by atoms with Crippen LogP contribution in [0.25, 0.3) is 11.1 Å². The first-order chi connectivity index (χ1) is 12.1. The van der Waals surface area contributed by atoms with Crippen LogP contribution in [-0.2, 0) is 4.79 Å². The van der Waals surface area contributed by atoms with Crippen molar-refractivity contribution in [3.63, 3.8) is 0 Å². The van der Waals surface area contributed by atoms with Crippen LogP contribution < -0.4 is 10.6 Å². The molecule has 1 aliphatic carbocycles. The van der Waals surface area contributed by atoms with Crippen molar-refractivity contribution in [1.82, 2.24) is 10.6 Å². The average Bonchev–Trinajstić information content (AvgIpc) is 2.63. The minimum atomic E-state index is -0.757. The third-order valence-electron chi connectivity index (χ3n) is 4.56. The van der Waals surface area contributed by atoms with Gasteiger partial charge in [0, 0.05) is 12.1 Å². The van der Waals surface area contributed by atoms with Gasteiger partial charge in [0.25, 0.3) is 5.91 Å². The average molecular weight is 338 g/mol. The lowest BCUT2D eigenvalue weighted by atomic mass is 9.80. The number of carbonyl (C=O) groups is 2. The first kappa shape index (κ1) is 17.2. The first-order valence-corrected chi connectivity index (χ1v) is 8.49. The summed E-state index contributed by atoms with van der Waals surface area (Å²) in [6.07, 6.45) is 2.42. The van der Waals surface area contributed by atoms with Gasteiger partial charge < -0.3 is 15.7 Å². The van der Waals surface area contributed by atoms with E-state index in [4.69, 9.17) is 0 Å². The Bertz CT molecular complexity index is 737. The fourth-order valence-corrected chi connectivity index (χ4v) is 2.79. The molecule has 3 rings (SSSR count). The number of carbonyl (C=O) groups excluding carboxylic acids is 2. The summed E-state index contributed by atoms with van der Waals surface area (Å²) >= 11 is 0. The minimum Gasteiger partial charge on any atom is -0.388 e. The highest BCUT2D eigenvalue weighted by atomic mass is 16.3. The predicted octanol–water partition coefficient (Wildman–Crippen LogP) is 2.11. The number of amides is 2. The lowest BCUT2D eigenvalue weighted by molar-refractivity contribution is -0.122. The monoisotopic (exact) mass is 338 g/mol. The molecule has 2 amide bonds. The van der Waals surface area contributed by atoms with Crippen molar-refractivity contribution >= 4 is 11.8 Å². The summed E-state index contributed by atoms with van der Waals surface area (Å²) in [7, 11) is 0. The molecule has 0 heterocycles. The van der Waals surface area contributed by atoms with Crippen LogP contribution >= 0.6 is 0 Å². The van der Waals surface area contributed by atoms with Crippen molar-refractivity contribution in [1.29, 1.82) is 0 Å². The lowest BCUT2D eigenvalue weighted by Crippen LogP contribution is -2.49. The molecule has 1 saturated carbocycles. The topological polar surface area (TPSA) is 78.4 Å². The molecule has 25 heavy (non-hydrogen) atoms. The number of nitrogens with one attached hydrogen (secondary N) is 2. The summed E-state index contributed by atoms with van der Waals surface area (Å²) in [4.78, 5) is 23.9. The smallest absolute Gasteiger partial charge is 0.251 e. The number of hydrogen-bond donors (Lipinski definition) is 3. The maximum atomic E-state index is 12.1. The van der Waals surface area contributed by atoms with Crippen LogP contribution in [0, 0.1) is 0 Å². The van der Waals surface area contributed by atoms with E-state index in [0.717, 1.165) is 17.5 Å². The van der Waals surface area contributed by atoms with Crippen molar-refractivity contribution < 1.29 is 14.7 Å². The predicted molar refractivity (Wildman–Crippen MR) is 96.0 cm³/mol. The second-order valence-electron chi connectivity index (χ2n) is 6.48. The Hall–Kier alpha value is -2.66. The number of benzene rings is 2. The van der Waals surface area contributed by atoms with E-state index in [2.05, 4.69) is 10.6 Å². The SMILES string of the molecule is O=C(CNC(=O)c1ccc(-c2ccccc2)cc1)NCC1(O)CCC1. The third-order valence-corrected chi connectivity index (χ3v) is 4.56. The second kappa shape index (κ2) is 7.49. The molecule has 3 N–H and O–H groups in total. The quantitative estimate of drug-likeness (QED) is 0.755. The number of hydrogen-bond acceptors (Lipinski definition) is 3. The Morgan fingerprint density at radius 3 is 2.16 bits per heavy atom. The number of rotatable bonds is 6. The molecular formula is C20H22N2O3. The summed E-state index contributed by atoms with van der Waals surface area (Å²) in [5.41, 5.74) is 1.86. The van der Waals surface area contributed by atoms with Gasteiger partial charge >= 0.3 is 0 Å². The van der Waals surface area contributed by atoms with E-state index in [0.29, 0.717) is 18.4 Å². The standard InChI is InChI=1S/C20H22N2O3/c23-18(22-14-20(25)11-4-12-20)13-21-19(24)17-9-7-16(8-10-17)15-5-2-1-3-6-15/h1-3,5-10,25H,4,11-14H2,(H,21,24)(H,22,23). The zero-order chi connectivity index (χ0) is 17.7. The van der Waals surface area contributed by atoms with Crippen LogP contribution in [0.2, 0.25) is 0 Å². The van der Waals surface area contributed by atoms with E-state index in [9.17, 15) is 14.7 Å². The fraction of sp³-hybridized carbons (Fsp3) is 0.300. The summed E-state index contributed by atoms with van der Waals surface area (Å²) < 4.78 is 0. The summed E-state index contributed by atoms with van der Waals surface area (Å²) in [5.74, 6) is -0.591. The van der Waals surface area contributed by atoms with Crippen LogP contribution in [-0.4, -0.2) is 35.6 Å². The zero-order valence-electron chi connectivity index (χ0n) is 14.0. The second-order valence-corrected chi connectivity index (χ2v) is 6.48. The zero-order valence-corrected chi connectivity index (χ0v) is 14.0. The molecule has 0 saturated heterocycles. The van der Waals surface area contributed by atoms with Crippen LogP contribution in [0.4, 0.5) is 0 Å². The molecule has 0 unspecified atom stereocenters. The summed E-state index contributed by atoms with van der Waals surface area (Å²) in [6, 6.07) is 17.2. The normalized spacial score (nSPS) is 15.1. The van der Waals surface area contributed by atoms with Gasteiger partial charge in [0.05, 0.1) is 12.1 Å². The summed E-state index contributed by atoms with van der Waals surface area (Å²) in [6.45, 7) is 0.142. The molecule has 0 radical (unpaired) electrons. The highest BCUT2D eigenvalue weighted by Crippen LogP contribution is 2.30. The molecule has 0 aromatic heterocycles. The molecule has 130 valence electrons. The molecule has 5 nitrogen and oxygen atoms in total. The van der Waals surface area contributed by atoms with Crippen molar-refractivity contribution in [3.05, 3.63) is 60.2 Å². The van der Waals surface area contributed by atoms with E-state index in [1.165, 1.54) is 0 Å². The Balaban J connectivity index is 1.48. The molecule has 0 aliphatic heterocycles. The van der Waals surface area contributed by atoms with Crippen molar-refractivity contribution in [2.24, 2.45) is 0 Å². The van der Waals surface area contributed by atoms with E-state index in [1.807, 2.05) is 42.5 Å². The van der Waals surface area contributed by atoms with Gasteiger partial charge in [0.1, 0.15) is 0 Å². The van der Waals surface area contributed by atoms with Gasteiger partial charge in [-0.15, -0.1) is 0 Å². The minimum absolute atomic E-state index is 0.102. The maximum absolute atomic E-state index is 12.1. The van der Waals surface area contributed by atoms with E-state index < -0.39 is 5.60 Å². The van der Waals surface area contributed by atoms with Gasteiger partial charge in [-0.2, -0.15) is 0 Å². The first-order valence-electron chi connectivity index (χ1n) is 8.49. The van der Waals surface area contributed by atoms with Crippen LogP contribution in [0.1, 0.15) is 29.6 Å². The van der Waals surface area contributed by atoms with Crippen LogP contribution in [0.5, 0.6) is 0 Å². The van der Waals surface area contributed by atoms with Gasteiger partial charge in [0.2, 0.25) is 5.91 Å². The van der Waals surface area contributed by atoms with E-state index in [-0.39, 0.29) is 24.9 Å².